The van der Waals surface area contributed by atoms with E-state index in [1.54, 1.807) is 36.5 Å². The lowest BCUT2D eigenvalue weighted by Gasteiger charge is -2.13. The third-order valence-corrected chi connectivity index (χ3v) is 5.74. The van der Waals surface area contributed by atoms with Gasteiger partial charge >= 0.3 is 11.7 Å². The van der Waals surface area contributed by atoms with Crippen LogP contribution in [0.1, 0.15) is 40.5 Å². The summed E-state index contributed by atoms with van der Waals surface area (Å²) in [6.45, 7) is 9.07. The van der Waals surface area contributed by atoms with Gasteiger partial charge in [-0.25, -0.2) is 9.59 Å². The van der Waals surface area contributed by atoms with Gasteiger partial charge in [0.05, 0.1) is 26.9 Å². The minimum Gasteiger partial charge on any atom is -0.489 e. The summed E-state index contributed by atoms with van der Waals surface area (Å²) in [5.41, 5.74) is 0.544. The van der Waals surface area contributed by atoms with Gasteiger partial charge in [-0.05, 0) is 44.2 Å². The van der Waals surface area contributed by atoms with Crippen molar-refractivity contribution in [2.45, 2.75) is 46.1 Å². The van der Waals surface area contributed by atoms with Gasteiger partial charge in [0.25, 0.3) is 0 Å². The van der Waals surface area contributed by atoms with Crippen molar-refractivity contribution in [3.63, 3.8) is 0 Å². The molecule has 2 aromatic carbocycles. The molecule has 4 rings (SSSR count). The van der Waals surface area contributed by atoms with Crippen molar-refractivity contribution in [2.75, 3.05) is 6.61 Å². The molecule has 1 N–H and O–H groups in total. The molecule has 12 heteroatoms. The van der Waals surface area contributed by atoms with Gasteiger partial charge in [-0.1, -0.05) is 55.6 Å². The van der Waals surface area contributed by atoms with E-state index in [9.17, 15) is 9.59 Å². The number of fused-ring (bicyclic) bond motifs is 1. The molecular formula is C26H26Cl3N3O6. The second-order valence-corrected chi connectivity index (χ2v) is 10.6. The van der Waals surface area contributed by atoms with Gasteiger partial charge in [-0.3, -0.25) is 4.98 Å². The Kier molecular flexibility index (Phi) is 9.30. The average Bonchev–Trinajstić information content (AvgIpc) is 3.22. The van der Waals surface area contributed by atoms with Crippen molar-refractivity contribution in [3.8, 4) is 17.2 Å². The summed E-state index contributed by atoms with van der Waals surface area (Å²) in [5, 5.41) is 14.7. The molecule has 0 spiro atoms. The van der Waals surface area contributed by atoms with E-state index < -0.39 is 18.3 Å². The van der Waals surface area contributed by atoms with Crippen LogP contribution in [0.3, 0.4) is 0 Å². The van der Waals surface area contributed by atoms with Crippen molar-refractivity contribution < 1.29 is 23.8 Å². The number of nitrogens with zero attached hydrogens (tertiary/aromatic N) is 3. The Morgan fingerprint density at radius 3 is 2.39 bits per heavy atom. The smallest absolute Gasteiger partial charge is 0.442 e. The number of carboxylic acid groups (broad SMARTS) is 1. The lowest BCUT2D eigenvalue weighted by atomic mass is 9.97. The maximum atomic E-state index is 12.1. The second-order valence-electron chi connectivity index (χ2n) is 9.36. The van der Waals surface area contributed by atoms with E-state index >= 15 is 0 Å². The molecule has 202 valence electrons. The first kappa shape index (κ1) is 29.3. The lowest BCUT2D eigenvalue weighted by molar-refractivity contribution is -0.139. The molecule has 4 aromatic rings. The highest BCUT2D eigenvalue weighted by Gasteiger charge is 2.24. The Balaban J connectivity index is 0.000000221. The molecule has 0 bridgehead atoms. The van der Waals surface area contributed by atoms with Crippen LogP contribution in [-0.4, -0.2) is 38.6 Å². The summed E-state index contributed by atoms with van der Waals surface area (Å²) < 4.78 is 17.0. The highest BCUT2D eigenvalue weighted by molar-refractivity contribution is 6.36. The summed E-state index contributed by atoms with van der Waals surface area (Å²) in [6.07, 6.45) is 1.54. The molecular weight excluding hydrogens is 557 g/mol. The largest absolute Gasteiger partial charge is 0.489 e. The van der Waals surface area contributed by atoms with E-state index in [1.807, 2.05) is 34.6 Å². The zero-order chi connectivity index (χ0) is 28.2. The fourth-order valence-corrected chi connectivity index (χ4v) is 3.85. The molecule has 38 heavy (non-hydrogen) atoms. The number of rotatable bonds is 6. The second kappa shape index (κ2) is 12.1. The number of aliphatic carboxylic acids is 1. The van der Waals surface area contributed by atoms with E-state index in [0.29, 0.717) is 38.6 Å². The van der Waals surface area contributed by atoms with Gasteiger partial charge in [-0.2, -0.15) is 4.68 Å². The van der Waals surface area contributed by atoms with Crippen molar-refractivity contribution in [3.05, 3.63) is 74.1 Å². The van der Waals surface area contributed by atoms with Gasteiger partial charge in [-0.15, -0.1) is 5.10 Å². The molecule has 0 aliphatic heterocycles. The average molecular weight is 583 g/mol. The van der Waals surface area contributed by atoms with Crippen LogP contribution in [0.5, 0.6) is 11.5 Å². The van der Waals surface area contributed by atoms with Crippen LogP contribution in [0, 0.1) is 0 Å². The highest BCUT2D eigenvalue weighted by atomic mass is 35.5. The van der Waals surface area contributed by atoms with Gasteiger partial charge in [0, 0.05) is 23.1 Å². The van der Waals surface area contributed by atoms with Crippen LogP contribution in [0.4, 0.5) is 0 Å². The fraction of sp³-hybridized carbons (Fsp3) is 0.308. The summed E-state index contributed by atoms with van der Waals surface area (Å²) in [4.78, 5) is 26.6. The fourth-order valence-electron chi connectivity index (χ4n) is 3.13. The van der Waals surface area contributed by atoms with Crippen molar-refractivity contribution >= 4 is 51.7 Å². The van der Waals surface area contributed by atoms with Crippen molar-refractivity contribution in [1.29, 1.82) is 0 Å². The molecule has 0 atom stereocenters. The van der Waals surface area contributed by atoms with Crippen LogP contribution in [0.15, 0.2) is 51.8 Å². The Morgan fingerprint density at radius 2 is 1.79 bits per heavy atom. The van der Waals surface area contributed by atoms with E-state index in [1.165, 1.54) is 6.07 Å². The van der Waals surface area contributed by atoms with Gasteiger partial charge < -0.3 is 19.0 Å². The number of benzene rings is 2. The van der Waals surface area contributed by atoms with Gasteiger partial charge in [0.1, 0.15) is 17.0 Å². The molecule has 2 heterocycles. The zero-order valence-electron chi connectivity index (χ0n) is 21.3. The molecule has 2 aromatic heterocycles. The summed E-state index contributed by atoms with van der Waals surface area (Å²) in [7, 11) is 0. The predicted molar refractivity (Wildman–Crippen MR) is 146 cm³/mol. The number of hydrogen-bond donors (Lipinski definition) is 1. The Hall–Kier alpha value is -3.27. The topological polar surface area (TPSA) is 117 Å². The van der Waals surface area contributed by atoms with Crippen molar-refractivity contribution in [2.24, 2.45) is 0 Å². The number of aromatic nitrogens is 3. The van der Waals surface area contributed by atoms with Crippen LogP contribution >= 0.6 is 34.8 Å². The summed E-state index contributed by atoms with van der Waals surface area (Å²) in [6, 6.07) is 9.94. The minimum absolute atomic E-state index is 0.0642. The normalized spacial score (nSPS) is 11.3. The summed E-state index contributed by atoms with van der Waals surface area (Å²) >= 11 is 18.3. The standard InChI is InChI=1S/C15H18Cl2N2O3.C11H8ClNO3/c1-8(2)21-12-7-11(9(16)6-10(12)17)19-14(20)22-13(18-19)15(3,4)5;12-8-3-4-9(16-6-10(14)15)11-7(8)2-1-5-13-11/h6-8H,1-5H3;1-5H,6H2,(H,14,15). The molecule has 0 amide bonds. The highest BCUT2D eigenvalue weighted by Crippen LogP contribution is 2.34. The van der Waals surface area contributed by atoms with Crippen LogP contribution in [0.2, 0.25) is 15.1 Å². The first-order valence-corrected chi connectivity index (χ1v) is 12.6. The number of ether oxygens (including phenoxy) is 2. The van der Waals surface area contributed by atoms with Gasteiger partial charge in [0.15, 0.2) is 6.61 Å². The Morgan fingerprint density at radius 1 is 1.08 bits per heavy atom. The lowest BCUT2D eigenvalue weighted by Crippen LogP contribution is -2.15. The number of hydrogen-bond acceptors (Lipinski definition) is 7. The predicted octanol–water partition coefficient (Wildman–Crippen LogP) is 6.57. The molecule has 0 saturated heterocycles. The molecule has 0 aliphatic rings. The van der Waals surface area contributed by atoms with E-state index in [4.69, 9.17) is 53.8 Å². The molecule has 0 saturated carbocycles. The number of halogens is 3. The maximum Gasteiger partial charge on any atom is 0.442 e. The molecule has 0 fully saturated rings. The van der Waals surface area contributed by atoms with Gasteiger partial charge in [0.2, 0.25) is 5.89 Å². The van der Waals surface area contributed by atoms with E-state index in [-0.39, 0.29) is 16.5 Å². The Bertz CT molecular complexity index is 1510. The molecule has 0 aliphatic carbocycles. The third kappa shape index (κ3) is 7.18. The number of carbonyl (C=O) groups is 1. The monoisotopic (exact) mass is 581 g/mol. The van der Waals surface area contributed by atoms with E-state index in [0.717, 1.165) is 10.1 Å². The first-order valence-electron chi connectivity index (χ1n) is 11.4. The zero-order valence-corrected chi connectivity index (χ0v) is 23.6. The van der Waals surface area contributed by atoms with Crippen LogP contribution in [0.25, 0.3) is 16.6 Å². The number of carboxylic acids is 1. The molecule has 0 radical (unpaired) electrons. The van der Waals surface area contributed by atoms with Crippen molar-refractivity contribution in [1.82, 2.24) is 14.8 Å². The number of pyridine rings is 1. The molecule has 9 nitrogen and oxygen atoms in total. The van der Waals surface area contributed by atoms with E-state index in [2.05, 4.69) is 10.1 Å². The van der Waals surface area contributed by atoms with Crippen LogP contribution < -0.4 is 15.2 Å². The third-order valence-electron chi connectivity index (χ3n) is 4.81. The summed E-state index contributed by atoms with van der Waals surface area (Å²) in [5.74, 6) is -0.454. The first-order chi connectivity index (χ1) is 17.8. The minimum atomic E-state index is -1.03. The molecule has 0 unspecified atom stereocenters. The maximum absolute atomic E-state index is 12.1. The SMILES string of the molecule is CC(C)Oc1cc(-n2nc(C(C)(C)C)oc2=O)c(Cl)cc1Cl.O=C(O)COc1ccc(Cl)c2cccnc12. The quantitative estimate of drug-likeness (QED) is 0.271. The Labute approximate surface area is 233 Å². The van der Waals surface area contributed by atoms with Crippen LogP contribution in [-0.2, 0) is 10.2 Å².